The molecule has 1 aromatic carbocycles. The van der Waals surface area contributed by atoms with Crippen LogP contribution in [0.3, 0.4) is 0 Å². The highest BCUT2D eigenvalue weighted by atomic mass is 16.5. The molecule has 3 heteroatoms. The molecule has 1 aliphatic carbocycles. The molecule has 2 N–H and O–H groups in total. The van der Waals surface area contributed by atoms with Crippen LogP contribution in [0.2, 0.25) is 0 Å². The van der Waals surface area contributed by atoms with E-state index in [9.17, 15) is 0 Å². The van der Waals surface area contributed by atoms with Crippen molar-refractivity contribution in [2.24, 2.45) is 11.7 Å². The molecular formula is C18H28N2O. The zero-order valence-electron chi connectivity index (χ0n) is 13.3. The number of aryl methyl sites for hydroxylation is 1. The van der Waals surface area contributed by atoms with Crippen molar-refractivity contribution in [3.63, 3.8) is 0 Å². The molecule has 3 unspecified atom stereocenters. The first-order valence-corrected chi connectivity index (χ1v) is 8.39. The summed E-state index contributed by atoms with van der Waals surface area (Å²) < 4.78 is 5.38. The largest absolute Gasteiger partial charge is 0.497 e. The summed E-state index contributed by atoms with van der Waals surface area (Å²) in [5, 5.41) is 0. The second-order valence-corrected chi connectivity index (χ2v) is 6.59. The normalized spacial score (nSPS) is 30.0. The standard InChI is InChI=1S/C18H28N2O/c1-3-13-12-20(10-9-17(13)19)18-6-4-5-14-11-15(21-2)7-8-16(14)18/h7-8,11,13,17-18H,3-6,9-10,12,19H2,1-2H3. The van der Waals surface area contributed by atoms with Gasteiger partial charge in [0.2, 0.25) is 0 Å². The summed E-state index contributed by atoms with van der Waals surface area (Å²) in [6, 6.07) is 7.61. The van der Waals surface area contributed by atoms with Gasteiger partial charge in [-0.3, -0.25) is 4.90 Å². The smallest absolute Gasteiger partial charge is 0.119 e. The summed E-state index contributed by atoms with van der Waals surface area (Å²) in [7, 11) is 1.75. The second-order valence-electron chi connectivity index (χ2n) is 6.59. The molecule has 0 radical (unpaired) electrons. The van der Waals surface area contributed by atoms with Crippen molar-refractivity contribution < 1.29 is 4.74 Å². The quantitative estimate of drug-likeness (QED) is 0.928. The third kappa shape index (κ3) is 2.95. The van der Waals surface area contributed by atoms with E-state index in [1.54, 1.807) is 7.11 Å². The zero-order chi connectivity index (χ0) is 14.8. The Kier molecular flexibility index (Phi) is 4.51. The van der Waals surface area contributed by atoms with Gasteiger partial charge < -0.3 is 10.5 Å². The van der Waals surface area contributed by atoms with Crippen molar-refractivity contribution in [1.82, 2.24) is 4.90 Å². The van der Waals surface area contributed by atoms with Crippen molar-refractivity contribution in [2.45, 2.75) is 51.1 Å². The zero-order valence-corrected chi connectivity index (χ0v) is 13.3. The number of piperidine rings is 1. The molecule has 0 saturated carbocycles. The molecule has 2 aliphatic rings. The highest BCUT2D eigenvalue weighted by molar-refractivity contribution is 5.39. The highest BCUT2D eigenvalue weighted by Crippen LogP contribution is 2.38. The Morgan fingerprint density at radius 2 is 2.19 bits per heavy atom. The lowest BCUT2D eigenvalue weighted by Gasteiger charge is -2.43. The van der Waals surface area contributed by atoms with Crippen LogP contribution in [-0.2, 0) is 6.42 Å². The van der Waals surface area contributed by atoms with E-state index < -0.39 is 0 Å². The van der Waals surface area contributed by atoms with Crippen molar-refractivity contribution in [2.75, 3.05) is 20.2 Å². The van der Waals surface area contributed by atoms with Crippen LogP contribution in [0.5, 0.6) is 5.75 Å². The predicted octanol–water partition coefficient (Wildman–Crippen LogP) is 3.13. The van der Waals surface area contributed by atoms with Crippen LogP contribution in [0.1, 0.15) is 49.8 Å². The fourth-order valence-corrected chi connectivity index (χ4v) is 4.06. The lowest BCUT2D eigenvalue weighted by atomic mass is 9.83. The molecule has 3 rings (SSSR count). The number of methoxy groups -OCH3 is 1. The number of hydrogen-bond acceptors (Lipinski definition) is 3. The predicted molar refractivity (Wildman–Crippen MR) is 86.6 cm³/mol. The lowest BCUT2D eigenvalue weighted by molar-refractivity contribution is 0.0966. The fraction of sp³-hybridized carbons (Fsp3) is 0.667. The molecular weight excluding hydrogens is 260 g/mol. The maximum atomic E-state index is 6.27. The second kappa shape index (κ2) is 6.37. The van der Waals surface area contributed by atoms with E-state index in [0.29, 0.717) is 18.0 Å². The number of benzene rings is 1. The minimum atomic E-state index is 0.394. The van der Waals surface area contributed by atoms with Gasteiger partial charge in [0.25, 0.3) is 0 Å². The molecule has 0 aromatic heterocycles. The van der Waals surface area contributed by atoms with Gasteiger partial charge in [0.15, 0.2) is 0 Å². The van der Waals surface area contributed by atoms with Gasteiger partial charge in [-0.25, -0.2) is 0 Å². The molecule has 0 spiro atoms. The molecule has 1 aromatic rings. The van der Waals surface area contributed by atoms with Crippen LogP contribution in [0, 0.1) is 5.92 Å². The van der Waals surface area contributed by atoms with Gasteiger partial charge >= 0.3 is 0 Å². The summed E-state index contributed by atoms with van der Waals surface area (Å²) >= 11 is 0. The Morgan fingerprint density at radius 1 is 1.33 bits per heavy atom. The van der Waals surface area contributed by atoms with Crippen LogP contribution >= 0.6 is 0 Å². The van der Waals surface area contributed by atoms with Gasteiger partial charge in [0.1, 0.15) is 5.75 Å². The molecule has 0 bridgehead atoms. The maximum absolute atomic E-state index is 6.27. The SMILES string of the molecule is CCC1CN(C2CCCc3cc(OC)ccc32)CCC1N. The highest BCUT2D eigenvalue weighted by Gasteiger charge is 2.32. The third-order valence-corrected chi connectivity index (χ3v) is 5.42. The Bertz CT molecular complexity index is 488. The molecule has 1 aliphatic heterocycles. The lowest BCUT2D eigenvalue weighted by Crippen LogP contribution is -2.48. The summed E-state index contributed by atoms with van der Waals surface area (Å²) in [5.74, 6) is 1.64. The first-order chi connectivity index (χ1) is 10.2. The monoisotopic (exact) mass is 288 g/mol. The first kappa shape index (κ1) is 14.9. The van der Waals surface area contributed by atoms with E-state index >= 15 is 0 Å². The van der Waals surface area contributed by atoms with Gasteiger partial charge in [-0.2, -0.15) is 0 Å². The maximum Gasteiger partial charge on any atom is 0.119 e. The molecule has 21 heavy (non-hydrogen) atoms. The first-order valence-electron chi connectivity index (χ1n) is 8.39. The number of nitrogens with zero attached hydrogens (tertiary/aromatic N) is 1. The Balaban J connectivity index is 1.81. The van der Waals surface area contributed by atoms with Crippen molar-refractivity contribution >= 4 is 0 Å². The molecule has 116 valence electrons. The number of likely N-dealkylation sites (tertiary alicyclic amines) is 1. The molecule has 1 saturated heterocycles. The van der Waals surface area contributed by atoms with Gasteiger partial charge in [0, 0.05) is 25.2 Å². The minimum Gasteiger partial charge on any atom is -0.497 e. The van der Waals surface area contributed by atoms with Crippen molar-refractivity contribution in [3.8, 4) is 5.75 Å². The van der Waals surface area contributed by atoms with E-state index in [2.05, 4.69) is 30.0 Å². The number of ether oxygens (including phenoxy) is 1. The molecule has 1 fully saturated rings. The van der Waals surface area contributed by atoms with Crippen LogP contribution in [0.15, 0.2) is 18.2 Å². The summed E-state index contributed by atoms with van der Waals surface area (Å²) in [5.41, 5.74) is 9.27. The van der Waals surface area contributed by atoms with E-state index in [-0.39, 0.29) is 0 Å². The van der Waals surface area contributed by atoms with Crippen molar-refractivity contribution in [1.29, 1.82) is 0 Å². The topological polar surface area (TPSA) is 38.5 Å². The number of nitrogens with two attached hydrogens (primary N) is 1. The molecule has 1 heterocycles. The van der Waals surface area contributed by atoms with Gasteiger partial charge in [-0.15, -0.1) is 0 Å². The third-order valence-electron chi connectivity index (χ3n) is 5.42. The number of hydrogen-bond donors (Lipinski definition) is 1. The summed E-state index contributed by atoms with van der Waals surface area (Å²) in [6.45, 7) is 4.58. The molecule has 0 amide bonds. The van der Waals surface area contributed by atoms with Gasteiger partial charge in [-0.1, -0.05) is 19.4 Å². The molecule has 3 atom stereocenters. The number of fused-ring (bicyclic) bond motifs is 1. The fourth-order valence-electron chi connectivity index (χ4n) is 4.06. The van der Waals surface area contributed by atoms with Crippen LogP contribution in [0.4, 0.5) is 0 Å². The van der Waals surface area contributed by atoms with Crippen LogP contribution < -0.4 is 10.5 Å². The Hall–Kier alpha value is -1.06. The van der Waals surface area contributed by atoms with E-state index in [0.717, 1.165) is 25.3 Å². The van der Waals surface area contributed by atoms with Crippen molar-refractivity contribution in [3.05, 3.63) is 29.3 Å². The van der Waals surface area contributed by atoms with E-state index in [1.807, 2.05) is 0 Å². The molecule has 3 nitrogen and oxygen atoms in total. The van der Waals surface area contributed by atoms with Crippen LogP contribution in [-0.4, -0.2) is 31.1 Å². The van der Waals surface area contributed by atoms with Gasteiger partial charge in [0.05, 0.1) is 7.11 Å². The average Bonchev–Trinajstić information content (AvgIpc) is 2.54. The van der Waals surface area contributed by atoms with Gasteiger partial charge in [-0.05, 0) is 54.9 Å². The Labute approximate surface area is 128 Å². The Morgan fingerprint density at radius 3 is 2.95 bits per heavy atom. The van der Waals surface area contributed by atoms with E-state index in [4.69, 9.17) is 10.5 Å². The average molecular weight is 288 g/mol. The summed E-state index contributed by atoms with van der Waals surface area (Å²) in [6.07, 6.45) is 6.09. The number of rotatable bonds is 3. The summed E-state index contributed by atoms with van der Waals surface area (Å²) in [4.78, 5) is 2.68. The van der Waals surface area contributed by atoms with Crippen LogP contribution in [0.25, 0.3) is 0 Å². The van der Waals surface area contributed by atoms with E-state index in [1.165, 1.54) is 36.8 Å². The minimum absolute atomic E-state index is 0.394.